The third-order valence-electron chi connectivity index (χ3n) is 4.64. The maximum absolute atomic E-state index is 6.06. The van der Waals surface area contributed by atoms with Crippen LogP contribution >= 0.6 is 24.0 Å². The van der Waals surface area contributed by atoms with E-state index < -0.39 is 0 Å². The molecule has 0 spiro atoms. The highest BCUT2D eigenvalue weighted by molar-refractivity contribution is 14.0. The SMILES string of the molecule is CCOCCOCc1cccc(CN=C(N)Nc2ccc3c(c2)CCC3)c1.I. The fourth-order valence-corrected chi connectivity index (χ4v) is 3.28. The Labute approximate surface area is 184 Å². The lowest BCUT2D eigenvalue weighted by molar-refractivity contribution is 0.0453. The summed E-state index contributed by atoms with van der Waals surface area (Å²) in [5.74, 6) is 0.436. The molecule has 1 aliphatic rings. The number of nitrogens with one attached hydrogen (secondary N) is 1. The van der Waals surface area contributed by atoms with E-state index in [1.165, 1.54) is 24.0 Å². The fraction of sp³-hybridized carbons (Fsp3) is 0.409. The average molecular weight is 495 g/mol. The van der Waals surface area contributed by atoms with E-state index in [0.717, 1.165) is 29.8 Å². The Balaban J connectivity index is 0.00000280. The van der Waals surface area contributed by atoms with E-state index in [9.17, 15) is 0 Å². The van der Waals surface area contributed by atoms with Crippen LogP contribution in [0.5, 0.6) is 0 Å². The van der Waals surface area contributed by atoms with Gasteiger partial charge in [0.15, 0.2) is 5.96 Å². The van der Waals surface area contributed by atoms with E-state index in [1.54, 1.807) is 0 Å². The highest BCUT2D eigenvalue weighted by Crippen LogP contribution is 2.24. The first-order valence-corrected chi connectivity index (χ1v) is 9.66. The lowest BCUT2D eigenvalue weighted by Crippen LogP contribution is -2.22. The zero-order valence-electron chi connectivity index (χ0n) is 16.4. The van der Waals surface area contributed by atoms with Gasteiger partial charge >= 0.3 is 0 Å². The number of fused-ring (bicyclic) bond motifs is 1. The number of aliphatic imine (C=N–C) groups is 1. The van der Waals surface area contributed by atoms with E-state index in [-0.39, 0.29) is 24.0 Å². The van der Waals surface area contributed by atoms with Crippen LogP contribution in [-0.4, -0.2) is 25.8 Å². The van der Waals surface area contributed by atoms with Crippen molar-refractivity contribution < 1.29 is 9.47 Å². The Bertz CT molecular complexity index is 780. The minimum Gasteiger partial charge on any atom is -0.379 e. The molecule has 0 saturated heterocycles. The Morgan fingerprint density at radius 1 is 1.04 bits per heavy atom. The van der Waals surface area contributed by atoms with Gasteiger partial charge in [-0.05, 0) is 60.6 Å². The minimum absolute atomic E-state index is 0. The van der Waals surface area contributed by atoms with Crippen molar-refractivity contribution in [2.75, 3.05) is 25.1 Å². The number of guanidine groups is 1. The first kappa shape index (κ1) is 22.6. The molecule has 0 fully saturated rings. The number of halogens is 1. The Morgan fingerprint density at radius 2 is 1.82 bits per heavy atom. The van der Waals surface area contributed by atoms with Gasteiger partial charge in [0.25, 0.3) is 0 Å². The molecule has 0 heterocycles. The van der Waals surface area contributed by atoms with Gasteiger partial charge in [-0.1, -0.05) is 30.3 Å². The molecule has 3 rings (SSSR count). The van der Waals surface area contributed by atoms with Crippen molar-refractivity contribution in [2.24, 2.45) is 10.7 Å². The first-order chi connectivity index (χ1) is 13.2. The summed E-state index contributed by atoms with van der Waals surface area (Å²) in [4.78, 5) is 4.47. The van der Waals surface area contributed by atoms with Gasteiger partial charge in [0.05, 0.1) is 26.4 Å². The number of aryl methyl sites for hydroxylation is 2. The van der Waals surface area contributed by atoms with Gasteiger partial charge in [0.2, 0.25) is 0 Å². The Hall–Kier alpha value is -1.64. The number of nitrogens with zero attached hydrogens (tertiary/aromatic N) is 1. The minimum atomic E-state index is 0. The molecule has 0 aliphatic heterocycles. The molecular weight excluding hydrogens is 465 g/mol. The number of rotatable bonds is 9. The van der Waals surface area contributed by atoms with Crippen LogP contribution in [0, 0.1) is 0 Å². The van der Waals surface area contributed by atoms with Gasteiger partial charge in [-0.3, -0.25) is 0 Å². The predicted octanol–water partition coefficient (Wildman–Crippen LogP) is 4.27. The molecule has 0 aromatic heterocycles. The van der Waals surface area contributed by atoms with E-state index in [0.29, 0.717) is 32.3 Å². The van der Waals surface area contributed by atoms with Crippen LogP contribution in [0.1, 0.15) is 35.6 Å². The summed E-state index contributed by atoms with van der Waals surface area (Å²) in [6.07, 6.45) is 3.58. The molecule has 28 heavy (non-hydrogen) atoms. The highest BCUT2D eigenvalue weighted by atomic mass is 127. The average Bonchev–Trinajstić information content (AvgIpc) is 3.14. The molecule has 6 heteroatoms. The summed E-state index contributed by atoms with van der Waals surface area (Å²) in [6, 6.07) is 14.7. The number of hydrogen-bond donors (Lipinski definition) is 2. The monoisotopic (exact) mass is 495 g/mol. The van der Waals surface area contributed by atoms with Gasteiger partial charge in [-0.2, -0.15) is 0 Å². The predicted molar refractivity (Wildman–Crippen MR) is 125 cm³/mol. The molecular formula is C22H30IN3O2. The molecule has 2 aromatic carbocycles. The third kappa shape index (κ3) is 7.07. The van der Waals surface area contributed by atoms with Gasteiger partial charge in [-0.15, -0.1) is 24.0 Å². The Kier molecular flexibility index (Phi) is 9.73. The van der Waals surface area contributed by atoms with Crippen molar-refractivity contribution in [2.45, 2.75) is 39.3 Å². The number of nitrogens with two attached hydrogens (primary N) is 1. The van der Waals surface area contributed by atoms with Crippen LogP contribution < -0.4 is 11.1 Å². The van der Waals surface area contributed by atoms with Crippen LogP contribution in [0.3, 0.4) is 0 Å². The zero-order valence-corrected chi connectivity index (χ0v) is 18.8. The van der Waals surface area contributed by atoms with E-state index >= 15 is 0 Å². The smallest absolute Gasteiger partial charge is 0.193 e. The summed E-state index contributed by atoms with van der Waals surface area (Å²) in [7, 11) is 0. The van der Waals surface area contributed by atoms with Crippen molar-refractivity contribution in [3.8, 4) is 0 Å². The fourth-order valence-electron chi connectivity index (χ4n) is 3.28. The second kappa shape index (κ2) is 12.0. The molecule has 0 radical (unpaired) electrons. The quantitative estimate of drug-likeness (QED) is 0.236. The van der Waals surface area contributed by atoms with Gasteiger partial charge in [-0.25, -0.2) is 4.99 Å². The molecule has 0 bridgehead atoms. The molecule has 152 valence electrons. The molecule has 0 unspecified atom stereocenters. The summed E-state index contributed by atoms with van der Waals surface area (Å²) in [5.41, 5.74) is 12.2. The largest absolute Gasteiger partial charge is 0.379 e. The highest BCUT2D eigenvalue weighted by Gasteiger charge is 2.10. The molecule has 5 nitrogen and oxygen atoms in total. The number of anilines is 1. The van der Waals surface area contributed by atoms with Crippen molar-refractivity contribution in [3.63, 3.8) is 0 Å². The van der Waals surface area contributed by atoms with E-state index in [4.69, 9.17) is 15.2 Å². The maximum atomic E-state index is 6.06. The number of benzene rings is 2. The Morgan fingerprint density at radius 3 is 2.68 bits per heavy atom. The second-order valence-electron chi connectivity index (χ2n) is 6.73. The molecule has 0 amide bonds. The van der Waals surface area contributed by atoms with Gasteiger partial charge < -0.3 is 20.5 Å². The maximum Gasteiger partial charge on any atom is 0.193 e. The molecule has 0 saturated carbocycles. The van der Waals surface area contributed by atoms with Crippen molar-refractivity contribution >= 4 is 35.6 Å². The summed E-state index contributed by atoms with van der Waals surface area (Å²) < 4.78 is 10.9. The van der Waals surface area contributed by atoms with Crippen molar-refractivity contribution in [1.82, 2.24) is 0 Å². The van der Waals surface area contributed by atoms with E-state index in [2.05, 4.69) is 46.7 Å². The van der Waals surface area contributed by atoms with Gasteiger partial charge in [0, 0.05) is 12.3 Å². The van der Waals surface area contributed by atoms with E-state index in [1.807, 2.05) is 13.0 Å². The molecule has 0 atom stereocenters. The van der Waals surface area contributed by atoms with Crippen molar-refractivity contribution in [3.05, 3.63) is 64.7 Å². The molecule has 1 aliphatic carbocycles. The van der Waals surface area contributed by atoms with Crippen LogP contribution in [0.4, 0.5) is 5.69 Å². The lowest BCUT2D eigenvalue weighted by atomic mass is 10.1. The lowest BCUT2D eigenvalue weighted by Gasteiger charge is -2.09. The summed E-state index contributed by atoms with van der Waals surface area (Å²) in [6.45, 7) is 5.05. The number of hydrogen-bond acceptors (Lipinski definition) is 3. The standard InChI is InChI=1S/C22H29N3O2.HI/c1-2-26-11-12-27-16-18-6-3-5-17(13-18)15-24-22(23)25-21-10-9-19-7-4-8-20(19)14-21;/h3,5-6,9-10,13-14H,2,4,7-8,11-12,15-16H2,1H3,(H3,23,24,25);1H. The topological polar surface area (TPSA) is 68.9 Å². The molecule has 3 N–H and O–H groups in total. The van der Waals surface area contributed by atoms with Gasteiger partial charge in [0.1, 0.15) is 0 Å². The number of ether oxygens (including phenoxy) is 2. The second-order valence-corrected chi connectivity index (χ2v) is 6.73. The normalized spacial score (nSPS) is 13.1. The summed E-state index contributed by atoms with van der Waals surface area (Å²) in [5, 5.41) is 3.20. The molecule has 2 aromatic rings. The van der Waals surface area contributed by atoms with Crippen LogP contribution in [0.25, 0.3) is 0 Å². The van der Waals surface area contributed by atoms with Crippen molar-refractivity contribution in [1.29, 1.82) is 0 Å². The third-order valence-corrected chi connectivity index (χ3v) is 4.64. The van der Waals surface area contributed by atoms with Crippen LogP contribution in [0.2, 0.25) is 0 Å². The zero-order chi connectivity index (χ0) is 18.9. The summed E-state index contributed by atoms with van der Waals surface area (Å²) >= 11 is 0. The van der Waals surface area contributed by atoms with Crippen LogP contribution in [0.15, 0.2) is 47.5 Å². The first-order valence-electron chi connectivity index (χ1n) is 9.66. The van der Waals surface area contributed by atoms with Crippen LogP contribution in [-0.2, 0) is 35.5 Å².